The van der Waals surface area contributed by atoms with Gasteiger partial charge < -0.3 is 15.7 Å². The van der Waals surface area contributed by atoms with Crippen molar-refractivity contribution in [3.63, 3.8) is 0 Å². The molecule has 5 nitrogen and oxygen atoms in total. The maximum Gasteiger partial charge on any atom is 0.131 e. The molecule has 0 fully saturated rings. The van der Waals surface area contributed by atoms with Gasteiger partial charge in [0.1, 0.15) is 18.0 Å². The van der Waals surface area contributed by atoms with Gasteiger partial charge in [0.25, 0.3) is 0 Å². The summed E-state index contributed by atoms with van der Waals surface area (Å²) in [6.07, 6.45) is 2.21. The Morgan fingerprint density at radius 3 is 2.85 bits per heavy atom. The minimum absolute atomic E-state index is 0.191. The third kappa shape index (κ3) is 3.25. The van der Waals surface area contributed by atoms with E-state index in [1.165, 1.54) is 6.33 Å². The second kappa shape index (κ2) is 5.31. The Labute approximate surface area is 77.2 Å². The normalized spacial score (nSPS) is 9.69. The highest BCUT2D eigenvalue weighted by Gasteiger charge is 1.94. The molecule has 0 atom stereocenters. The van der Waals surface area contributed by atoms with Gasteiger partial charge in [-0.15, -0.1) is 0 Å². The van der Waals surface area contributed by atoms with Gasteiger partial charge in [-0.1, -0.05) is 0 Å². The number of nitrogens with one attached hydrogen (secondary N) is 2. The minimum atomic E-state index is 0.191. The summed E-state index contributed by atoms with van der Waals surface area (Å²) < 4.78 is 0. The van der Waals surface area contributed by atoms with E-state index in [2.05, 4.69) is 20.6 Å². The van der Waals surface area contributed by atoms with Crippen LogP contribution >= 0.6 is 0 Å². The van der Waals surface area contributed by atoms with Gasteiger partial charge in [-0.3, -0.25) is 0 Å². The Morgan fingerprint density at radius 2 is 2.15 bits per heavy atom. The molecule has 3 N–H and O–H groups in total. The summed E-state index contributed by atoms with van der Waals surface area (Å²) in [7, 11) is 1.81. The largest absolute Gasteiger partial charge is 0.396 e. The van der Waals surface area contributed by atoms with Crippen LogP contribution in [0, 0.1) is 0 Å². The van der Waals surface area contributed by atoms with Gasteiger partial charge in [0.15, 0.2) is 0 Å². The van der Waals surface area contributed by atoms with Crippen molar-refractivity contribution in [1.29, 1.82) is 0 Å². The Balaban J connectivity index is 2.46. The van der Waals surface area contributed by atoms with E-state index >= 15 is 0 Å². The molecule has 13 heavy (non-hydrogen) atoms. The molecule has 0 unspecified atom stereocenters. The second-order valence-electron chi connectivity index (χ2n) is 2.54. The van der Waals surface area contributed by atoms with Crippen LogP contribution in [0.2, 0.25) is 0 Å². The van der Waals surface area contributed by atoms with Crippen molar-refractivity contribution < 1.29 is 5.11 Å². The van der Waals surface area contributed by atoms with Gasteiger partial charge in [0, 0.05) is 26.3 Å². The lowest BCUT2D eigenvalue weighted by Crippen LogP contribution is -2.05. The molecule has 1 aromatic heterocycles. The summed E-state index contributed by atoms with van der Waals surface area (Å²) >= 11 is 0. The maximum atomic E-state index is 8.56. The van der Waals surface area contributed by atoms with E-state index in [0.29, 0.717) is 0 Å². The number of aromatic nitrogens is 2. The number of rotatable bonds is 5. The second-order valence-corrected chi connectivity index (χ2v) is 2.54. The zero-order valence-electron chi connectivity index (χ0n) is 7.62. The number of anilines is 2. The van der Waals surface area contributed by atoms with E-state index in [1.54, 1.807) is 7.05 Å². The fraction of sp³-hybridized carbons (Fsp3) is 0.500. The monoisotopic (exact) mass is 182 g/mol. The van der Waals surface area contributed by atoms with Gasteiger partial charge >= 0.3 is 0 Å². The van der Waals surface area contributed by atoms with Crippen LogP contribution in [0.25, 0.3) is 0 Å². The molecule has 0 aromatic carbocycles. The summed E-state index contributed by atoms with van der Waals surface area (Å²) in [5.41, 5.74) is 0. The first-order chi connectivity index (χ1) is 6.36. The predicted octanol–water partition coefficient (Wildman–Crippen LogP) is 0.313. The van der Waals surface area contributed by atoms with Crippen molar-refractivity contribution in [2.75, 3.05) is 30.8 Å². The summed E-state index contributed by atoms with van der Waals surface area (Å²) in [4.78, 5) is 7.99. The summed E-state index contributed by atoms with van der Waals surface area (Å²) in [6, 6.07) is 1.82. The molecule has 1 aromatic rings. The summed E-state index contributed by atoms with van der Waals surface area (Å²) in [5.74, 6) is 1.55. The SMILES string of the molecule is CNc1cc(NCCCO)ncn1. The molecular weight excluding hydrogens is 168 g/mol. The molecule has 0 aliphatic rings. The zero-order chi connectivity index (χ0) is 9.52. The van der Waals surface area contributed by atoms with E-state index in [-0.39, 0.29) is 6.61 Å². The fourth-order valence-corrected chi connectivity index (χ4v) is 0.886. The van der Waals surface area contributed by atoms with Gasteiger partial charge in [0.2, 0.25) is 0 Å². The van der Waals surface area contributed by atoms with Crippen LogP contribution in [0.5, 0.6) is 0 Å². The molecular formula is C8H14N4O. The molecule has 1 rings (SSSR count). The lowest BCUT2D eigenvalue weighted by atomic mass is 10.4. The molecule has 72 valence electrons. The van der Waals surface area contributed by atoms with Gasteiger partial charge in [-0.25, -0.2) is 9.97 Å². The Kier molecular flexibility index (Phi) is 3.98. The number of hydrogen-bond donors (Lipinski definition) is 3. The van der Waals surface area contributed by atoms with Crippen LogP contribution in [-0.2, 0) is 0 Å². The van der Waals surface area contributed by atoms with E-state index in [0.717, 1.165) is 24.6 Å². The molecule has 5 heteroatoms. The fourth-order valence-electron chi connectivity index (χ4n) is 0.886. The van der Waals surface area contributed by atoms with E-state index in [4.69, 9.17) is 5.11 Å². The highest BCUT2D eigenvalue weighted by Crippen LogP contribution is 2.06. The standard InChI is InChI=1S/C8H14N4O/c1-9-7-5-8(12-6-11-7)10-3-2-4-13/h5-6,13H,2-4H2,1H3,(H2,9,10,11,12). The number of hydrogen-bond acceptors (Lipinski definition) is 5. The number of aliphatic hydroxyl groups excluding tert-OH is 1. The van der Waals surface area contributed by atoms with E-state index < -0.39 is 0 Å². The van der Waals surface area contributed by atoms with Crippen LogP contribution in [0.4, 0.5) is 11.6 Å². The average Bonchev–Trinajstić information content (AvgIpc) is 2.19. The first kappa shape index (κ1) is 9.73. The van der Waals surface area contributed by atoms with Crippen LogP contribution in [0.3, 0.4) is 0 Å². The van der Waals surface area contributed by atoms with Gasteiger partial charge in [0.05, 0.1) is 0 Å². The van der Waals surface area contributed by atoms with Crippen molar-refractivity contribution in [3.8, 4) is 0 Å². The third-order valence-electron chi connectivity index (χ3n) is 1.56. The van der Waals surface area contributed by atoms with Gasteiger partial charge in [-0.2, -0.15) is 0 Å². The molecule has 0 amide bonds. The highest BCUT2D eigenvalue weighted by atomic mass is 16.3. The lowest BCUT2D eigenvalue weighted by Gasteiger charge is -2.04. The zero-order valence-corrected chi connectivity index (χ0v) is 7.62. The average molecular weight is 182 g/mol. The van der Waals surface area contributed by atoms with Crippen LogP contribution in [0.1, 0.15) is 6.42 Å². The van der Waals surface area contributed by atoms with Crippen molar-refractivity contribution in [2.45, 2.75) is 6.42 Å². The summed E-state index contributed by atoms with van der Waals surface area (Å²) in [5, 5.41) is 14.5. The molecule has 0 spiro atoms. The topological polar surface area (TPSA) is 70.1 Å². The lowest BCUT2D eigenvalue weighted by molar-refractivity contribution is 0.292. The Morgan fingerprint density at radius 1 is 1.38 bits per heavy atom. The van der Waals surface area contributed by atoms with Crippen LogP contribution < -0.4 is 10.6 Å². The number of aliphatic hydroxyl groups is 1. The summed E-state index contributed by atoms with van der Waals surface area (Å²) in [6.45, 7) is 0.910. The van der Waals surface area contributed by atoms with Crippen molar-refractivity contribution >= 4 is 11.6 Å². The molecule has 0 saturated carbocycles. The first-order valence-electron chi connectivity index (χ1n) is 4.21. The molecule has 0 aliphatic heterocycles. The predicted molar refractivity (Wildman–Crippen MR) is 51.8 cm³/mol. The third-order valence-corrected chi connectivity index (χ3v) is 1.56. The molecule has 0 radical (unpaired) electrons. The van der Waals surface area contributed by atoms with Crippen molar-refractivity contribution in [2.24, 2.45) is 0 Å². The smallest absolute Gasteiger partial charge is 0.131 e. The Bertz CT molecular complexity index is 254. The molecule has 1 heterocycles. The highest BCUT2D eigenvalue weighted by molar-refractivity contribution is 5.45. The first-order valence-corrected chi connectivity index (χ1v) is 4.21. The number of nitrogens with zero attached hydrogens (tertiary/aromatic N) is 2. The van der Waals surface area contributed by atoms with Crippen LogP contribution in [-0.4, -0.2) is 35.3 Å². The molecule has 0 saturated heterocycles. The van der Waals surface area contributed by atoms with E-state index in [9.17, 15) is 0 Å². The Hall–Kier alpha value is -1.36. The molecule has 0 aliphatic carbocycles. The molecule has 0 bridgehead atoms. The van der Waals surface area contributed by atoms with Gasteiger partial charge in [-0.05, 0) is 6.42 Å². The quantitative estimate of drug-likeness (QED) is 0.572. The minimum Gasteiger partial charge on any atom is -0.396 e. The van der Waals surface area contributed by atoms with Crippen molar-refractivity contribution in [3.05, 3.63) is 12.4 Å². The van der Waals surface area contributed by atoms with Crippen molar-refractivity contribution in [1.82, 2.24) is 9.97 Å². The maximum absolute atomic E-state index is 8.56. The van der Waals surface area contributed by atoms with E-state index in [1.807, 2.05) is 6.07 Å². The van der Waals surface area contributed by atoms with Crippen LogP contribution in [0.15, 0.2) is 12.4 Å².